The molecule has 2 aliphatic rings. The number of piperidine rings is 1. The molecule has 112 valence electrons. The van der Waals surface area contributed by atoms with Crippen LogP contribution in [0, 0.1) is 5.92 Å². The Kier molecular flexibility index (Phi) is 4.16. The smallest absolute Gasteiger partial charge is 0.109 e. The van der Waals surface area contributed by atoms with Crippen molar-refractivity contribution in [2.24, 2.45) is 5.92 Å². The SMILES string of the molecule is CC(C)N1CCC(Cc2ncc3n2C(C)CCC3)CC1. The average Bonchev–Trinajstić information content (AvgIpc) is 2.84. The minimum atomic E-state index is 0.659. The maximum atomic E-state index is 4.75. The normalized spacial score (nSPS) is 25.1. The number of aryl methyl sites for hydroxylation is 1. The molecule has 1 atom stereocenters. The van der Waals surface area contributed by atoms with Gasteiger partial charge in [-0.1, -0.05) is 0 Å². The lowest BCUT2D eigenvalue weighted by atomic mass is 9.92. The molecular weight excluding hydrogens is 246 g/mol. The number of rotatable bonds is 3. The molecule has 1 saturated heterocycles. The fourth-order valence-electron chi connectivity index (χ4n) is 3.95. The first-order valence-corrected chi connectivity index (χ1v) is 8.44. The van der Waals surface area contributed by atoms with Gasteiger partial charge in [-0.15, -0.1) is 0 Å². The molecule has 1 aromatic heterocycles. The summed E-state index contributed by atoms with van der Waals surface area (Å²) in [5.41, 5.74) is 1.47. The van der Waals surface area contributed by atoms with Crippen molar-refractivity contribution in [2.75, 3.05) is 13.1 Å². The van der Waals surface area contributed by atoms with Crippen LogP contribution in [0.25, 0.3) is 0 Å². The molecule has 0 saturated carbocycles. The summed E-state index contributed by atoms with van der Waals surface area (Å²) in [6, 6.07) is 1.36. The van der Waals surface area contributed by atoms with Crippen molar-refractivity contribution in [1.82, 2.24) is 14.5 Å². The number of hydrogen-bond donors (Lipinski definition) is 0. The van der Waals surface area contributed by atoms with Crippen LogP contribution in [0.1, 0.15) is 64.0 Å². The quantitative estimate of drug-likeness (QED) is 0.842. The number of fused-ring (bicyclic) bond motifs is 1. The first-order chi connectivity index (χ1) is 9.65. The summed E-state index contributed by atoms with van der Waals surface area (Å²) in [7, 11) is 0. The van der Waals surface area contributed by atoms with E-state index in [1.54, 1.807) is 0 Å². The topological polar surface area (TPSA) is 21.1 Å². The molecule has 1 unspecified atom stereocenters. The molecule has 0 aliphatic carbocycles. The summed E-state index contributed by atoms with van der Waals surface area (Å²) in [5, 5.41) is 0. The molecule has 3 heterocycles. The fourth-order valence-corrected chi connectivity index (χ4v) is 3.95. The van der Waals surface area contributed by atoms with Gasteiger partial charge in [-0.2, -0.15) is 0 Å². The summed E-state index contributed by atoms with van der Waals surface area (Å²) in [5.74, 6) is 2.20. The Bertz CT molecular complexity index is 441. The maximum Gasteiger partial charge on any atom is 0.109 e. The van der Waals surface area contributed by atoms with Crippen LogP contribution in [0.15, 0.2) is 6.20 Å². The Hall–Kier alpha value is -0.830. The first-order valence-electron chi connectivity index (χ1n) is 8.44. The van der Waals surface area contributed by atoms with Crippen LogP contribution in [0.5, 0.6) is 0 Å². The van der Waals surface area contributed by atoms with Gasteiger partial charge in [-0.05, 0) is 71.9 Å². The zero-order valence-electron chi connectivity index (χ0n) is 13.3. The van der Waals surface area contributed by atoms with Crippen molar-refractivity contribution in [2.45, 2.75) is 71.4 Å². The predicted octanol–water partition coefficient (Wildman–Crippen LogP) is 3.44. The fraction of sp³-hybridized carbons (Fsp3) is 0.824. The van der Waals surface area contributed by atoms with E-state index in [2.05, 4.69) is 36.4 Å². The number of hydrogen-bond acceptors (Lipinski definition) is 2. The minimum Gasteiger partial charge on any atom is -0.329 e. The van der Waals surface area contributed by atoms with Crippen molar-refractivity contribution in [3.8, 4) is 0 Å². The van der Waals surface area contributed by atoms with Gasteiger partial charge in [-0.25, -0.2) is 4.98 Å². The second-order valence-corrected chi connectivity index (χ2v) is 7.05. The summed E-state index contributed by atoms with van der Waals surface area (Å²) >= 11 is 0. The van der Waals surface area contributed by atoms with E-state index in [1.807, 2.05) is 0 Å². The van der Waals surface area contributed by atoms with Crippen LogP contribution in [-0.4, -0.2) is 33.6 Å². The van der Waals surface area contributed by atoms with Gasteiger partial charge in [0.25, 0.3) is 0 Å². The highest BCUT2D eigenvalue weighted by molar-refractivity contribution is 5.10. The van der Waals surface area contributed by atoms with E-state index in [0.29, 0.717) is 12.1 Å². The van der Waals surface area contributed by atoms with Crippen LogP contribution in [0.3, 0.4) is 0 Å². The highest BCUT2D eigenvalue weighted by atomic mass is 15.2. The molecule has 3 nitrogen and oxygen atoms in total. The van der Waals surface area contributed by atoms with Gasteiger partial charge in [0, 0.05) is 30.4 Å². The molecule has 3 heteroatoms. The minimum absolute atomic E-state index is 0.659. The zero-order chi connectivity index (χ0) is 14.1. The average molecular weight is 275 g/mol. The van der Waals surface area contributed by atoms with Crippen molar-refractivity contribution < 1.29 is 0 Å². The van der Waals surface area contributed by atoms with Crippen molar-refractivity contribution in [3.05, 3.63) is 17.7 Å². The van der Waals surface area contributed by atoms with E-state index in [9.17, 15) is 0 Å². The molecule has 0 radical (unpaired) electrons. The molecule has 2 aliphatic heterocycles. The Balaban J connectivity index is 1.63. The summed E-state index contributed by atoms with van der Waals surface area (Å²) in [4.78, 5) is 7.36. The molecule has 0 N–H and O–H groups in total. The standard InChI is InChI=1S/C17H29N3/c1-13(2)19-9-7-15(8-10-19)11-17-18-12-16-6-4-5-14(3)20(16)17/h12-15H,4-11H2,1-3H3. The lowest BCUT2D eigenvalue weighted by Crippen LogP contribution is -2.39. The van der Waals surface area contributed by atoms with Gasteiger partial charge < -0.3 is 9.47 Å². The van der Waals surface area contributed by atoms with Crippen LogP contribution in [0.2, 0.25) is 0 Å². The number of aromatic nitrogens is 2. The molecule has 20 heavy (non-hydrogen) atoms. The maximum absolute atomic E-state index is 4.75. The predicted molar refractivity (Wildman–Crippen MR) is 83.0 cm³/mol. The van der Waals surface area contributed by atoms with Gasteiger partial charge in [0.15, 0.2) is 0 Å². The molecule has 3 rings (SSSR count). The Morgan fingerprint density at radius 2 is 2.00 bits per heavy atom. The number of nitrogens with zero attached hydrogens (tertiary/aromatic N) is 3. The second kappa shape index (κ2) is 5.88. The van der Waals surface area contributed by atoms with Crippen molar-refractivity contribution in [3.63, 3.8) is 0 Å². The van der Waals surface area contributed by atoms with Crippen LogP contribution >= 0.6 is 0 Å². The molecule has 0 spiro atoms. The third-order valence-corrected chi connectivity index (χ3v) is 5.30. The second-order valence-electron chi connectivity index (χ2n) is 7.05. The van der Waals surface area contributed by atoms with Crippen LogP contribution in [-0.2, 0) is 12.8 Å². The molecule has 1 fully saturated rings. The molecule has 0 aromatic carbocycles. The number of imidazole rings is 1. The van der Waals surface area contributed by atoms with Gasteiger partial charge in [0.1, 0.15) is 5.82 Å². The lowest BCUT2D eigenvalue weighted by molar-refractivity contribution is 0.148. The summed E-state index contributed by atoms with van der Waals surface area (Å²) in [6.07, 6.45) is 9.89. The highest BCUT2D eigenvalue weighted by Crippen LogP contribution is 2.29. The largest absolute Gasteiger partial charge is 0.329 e. The Labute approximate surface area is 123 Å². The van der Waals surface area contributed by atoms with E-state index in [-0.39, 0.29) is 0 Å². The van der Waals surface area contributed by atoms with E-state index in [0.717, 1.165) is 5.92 Å². The number of likely N-dealkylation sites (tertiary alicyclic amines) is 1. The molecule has 1 aromatic rings. The van der Waals surface area contributed by atoms with Crippen molar-refractivity contribution in [1.29, 1.82) is 0 Å². The summed E-state index contributed by atoms with van der Waals surface area (Å²) in [6.45, 7) is 9.52. The third-order valence-electron chi connectivity index (χ3n) is 5.30. The molecule has 0 amide bonds. The Morgan fingerprint density at radius 3 is 2.70 bits per heavy atom. The molecule has 0 bridgehead atoms. The van der Waals surface area contributed by atoms with E-state index in [4.69, 9.17) is 4.98 Å². The van der Waals surface area contributed by atoms with Crippen molar-refractivity contribution >= 4 is 0 Å². The van der Waals surface area contributed by atoms with E-state index < -0.39 is 0 Å². The van der Waals surface area contributed by atoms with E-state index in [1.165, 1.54) is 63.1 Å². The monoisotopic (exact) mass is 275 g/mol. The van der Waals surface area contributed by atoms with Gasteiger partial charge in [-0.3, -0.25) is 0 Å². The Morgan fingerprint density at radius 1 is 1.25 bits per heavy atom. The first kappa shape index (κ1) is 14.1. The zero-order valence-corrected chi connectivity index (χ0v) is 13.3. The lowest BCUT2D eigenvalue weighted by Gasteiger charge is -2.35. The van der Waals surface area contributed by atoms with Gasteiger partial charge in [0.2, 0.25) is 0 Å². The van der Waals surface area contributed by atoms with Crippen LogP contribution < -0.4 is 0 Å². The third kappa shape index (κ3) is 2.78. The molecular formula is C17H29N3. The van der Waals surface area contributed by atoms with E-state index >= 15 is 0 Å². The highest BCUT2D eigenvalue weighted by Gasteiger charge is 2.25. The van der Waals surface area contributed by atoms with Gasteiger partial charge in [0.05, 0.1) is 0 Å². The summed E-state index contributed by atoms with van der Waals surface area (Å²) < 4.78 is 2.54. The van der Waals surface area contributed by atoms with Gasteiger partial charge >= 0.3 is 0 Å². The van der Waals surface area contributed by atoms with Crippen LogP contribution in [0.4, 0.5) is 0 Å².